The molecule has 5 nitrogen and oxygen atoms in total. The number of rotatable bonds is 8. The predicted molar refractivity (Wildman–Crippen MR) is 127 cm³/mol. The summed E-state index contributed by atoms with van der Waals surface area (Å²) in [6.07, 6.45) is 0. The van der Waals surface area contributed by atoms with Crippen molar-refractivity contribution in [3.8, 4) is 0 Å². The highest BCUT2D eigenvalue weighted by molar-refractivity contribution is 5.88. The van der Waals surface area contributed by atoms with Crippen molar-refractivity contribution < 1.29 is 0 Å². The Morgan fingerprint density at radius 1 is 0.828 bits per heavy atom. The summed E-state index contributed by atoms with van der Waals surface area (Å²) in [5.41, 5.74) is 6.47. The van der Waals surface area contributed by atoms with Gasteiger partial charge in [0.05, 0.1) is 29.3 Å². The van der Waals surface area contributed by atoms with Crippen molar-refractivity contribution in [3.63, 3.8) is 0 Å². The van der Waals surface area contributed by atoms with Crippen LogP contribution >= 0.6 is 0 Å². The Balaban J connectivity index is 1.63. The van der Waals surface area contributed by atoms with E-state index in [1.165, 1.54) is 0 Å². The summed E-state index contributed by atoms with van der Waals surface area (Å²) in [4.78, 5) is 2.20. The van der Waals surface area contributed by atoms with Gasteiger partial charge in [-0.3, -0.25) is 5.01 Å². The molecule has 0 saturated carbocycles. The van der Waals surface area contributed by atoms with Crippen molar-refractivity contribution in [3.05, 3.63) is 78.9 Å². The van der Waals surface area contributed by atoms with Crippen LogP contribution in [0.1, 0.15) is 6.92 Å². The third-order valence-corrected chi connectivity index (χ3v) is 4.67. The molecule has 0 aliphatic carbocycles. The highest BCUT2D eigenvalue weighted by Crippen LogP contribution is 2.24. The highest BCUT2D eigenvalue weighted by Gasteiger charge is 2.08. The zero-order valence-electron chi connectivity index (χ0n) is 17.6. The third-order valence-electron chi connectivity index (χ3n) is 4.67. The fourth-order valence-electron chi connectivity index (χ4n) is 3.24. The molecule has 3 aromatic rings. The standard InChI is InChI=1S/C24H29N5/c1-19(18-28(3)24-13-9-8-12-23(24)25-2)27-29(4)22-16-14-21(15-17-22)26-20-10-6-5-7-11-20/h5-17,25-26H,18H2,1-4H3/b27-19+. The van der Waals surface area contributed by atoms with Gasteiger partial charge in [-0.25, -0.2) is 0 Å². The molecule has 0 atom stereocenters. The molecule has 3 aromatic carbocycles. The topological polar surface area (TPSA) is 42.9 Å². The van der Waals surface area contributed by atoms with E-state index in [-0.39, 0.29) is 0 Å². The van der Waals surface area contributed by atoms with Crippen LogP contribution in [0.3, 0.4) is 0 Å². The van der Waals surface area contributed by atoms with Gasteiger partial charge in [0, 0.05) is 32.5 Å². The molecule has 0 amide bonds. The predicted octanol–water partition coefficient (Wildman–Crippen LogP) is 5.42. The number of hydrogen-bond donors (Lipinski definition) is 2. The fraction of sp³-hybridized carbons (Fsp3) is 0.208. The maximum Gasteiger partial charge on any atom is 0.0602 e. The lowest BCUT2D eigenvalue weighted by Crippen LogP contribution is -2.26. The number of nitrogens with one attached hydrogen (secondary N) is 2. The molecule has 0 radical (unpaired) electrons. The third kappa shape index (κ3) is 5.51. The minimum atomic E-state index is 0.747. The first-order valence-corrected chi connectivity index (χ1v) is 9.74. The average Bonchev–Trinajstić information content (AvgIpc) is 2.74. The zero-order valence-corrected chi connectivity index (χ0v) is 17.6. The van der Waals surface area contributed by atoms with Crippen LogP contribution in [0.15, 0.2) is 84.0 Å². The van der Waals surface area contributed by atoms with Crippen LogP contribution in [0.5, 0.6) is 0 Å². The molecule has 0 saturated heterocycles. The van der Waals surface area contributed by atoms with Crippen molar-refractivity contribution in [1.29, 1.82) is 0 Å². The Morgan fingerprint density at radius 3 is 2.14 bits per heavy atom. The van der Waals surface area contributed by atoms with Gasteiger partial charge >= 0.3 is 0 Å². The van der Waals surface area contributed by atoms with Crippen LogP contribution in [-0.2, 0) is 0 Å². The molecule has 0 aliphatic heterocycles. The van der Waals surface area contributed by atoms with Gasteiger partial charge < -0.3 is 15.5 Å². The van der Waals surface area contributed by atoms with E-state index in [2.05, 4.69) is 84.1 Å². The summed E-state index contributed by atoms with van der Waals surface area (Å²) in [6, 6.07) is 26.7. The van der Waals surface area contributed by atoms with Crippen LogP contribution in [0, 0.1) is 0 Å². The van der Waals surface area contributed by atoms with E-state index < -0.39 is 0 Å². The lowest BCUT2D eigenvalue weighted by molar-refractivity contribution is 0.981. The molecule has 0 spiro atoms. The van der Waals surface area contributed by atoms with Gasteiger partial charge in [0.1, 0.15) is 0 Å². The largest absolute Gasteiger partial charge is 0.386 e. The van der Waals surface area contributed by atoms with Crippen molar-refractivity contribution in [2.45, 2.75) is 6.92 Å². The highest BCUT2D eigenvalue weighted by atomic mass is 15.4. The lowest BCUT2D eigenvalue weighted by Gasteiger charge is -2.23. The maximum atomic E-state index is 4.75. The molecule has 29 heavy (non-hydrogen) atoms. The van der Waals surface area contributed by atoms with Gasteiger partial charge in [0.15, 0.2) is 0 Å². The Morgan fingerprint density at radius 2 is 1.45 bits per heavy atom. The minimum absolute atomic E-state index is 0.747. The maximum absolute atomic E-state index is 4.75. The molecule has 150 valence electrons. The Labute approximate surface area is 173 Å². The second-order valence-corrected chi connectivity index (χ2v) is 7.02. The quantitative estimate of drug-likeness (QED) is 0.400. The van der Waals surface area contributed by atoms with Crippen LogP contribution < -0.4 is 20.5 Å². The van der Waals surface area contributed by atoms with Gasteiger partial charge in [-0.2, -0.15) is 5.10 Å². The van der Waals surface area contributed by atoms with Crippen LogP contribution in [0.2, 0.25) is 0 Å². The summed E-state index contributed by atoms with van der Waals surface area (Å²) >= 11 is 0. The number of anilines is 5. The Bertz CT molecular complexity index is 935. The van der Waals surface area contributed by atoms with Gasteiger partial charge in [0.25, 0.3) is 0 Å². The normalized spacial score (nSPS) is 11.1. The van der Waals surface area contributed by atoms with Gasteiger partial charge in [-0.1, -0.05) is 30.3 Å². The molecule has 0 aliphatic rings. The number of benzene rings is 3. The van der Waals surface area contributed by atoms with Crippen molar-refractivity contribution >= 4 is 34.1 Å². The van der Waals surface area contributed by atoms with Crippen molar-refractivity contribution in [2.75, 3.05) is 48.2 Å². The first kappa shape index (κ1) is 20.3. The minimum Gasteiger partial charge on any atom is -0.386 e. The first-order chi connectivity index (χ1) is 14.1. The second-order valence-electron chi connectivity index (χ2n) is 7.02. The molecule has 0 fully saturated rings. The summed E-state index contributed by atoms with van der Waals surface area (Å²) in [7, 11) is 6.00. The number of para-hydroxylation sites is 3. The first-order valence-electron chi connectivity index (χ1n) is 9.74. The fourth-order valence-corrected chi connectivity index (χ4v) is 3.24. The molecule has 5 heteroatoms. The van der Waals surface area contributed by atoms with E-state index >= 15 is 0 Å². The lowest BCUT2D eigenvalue weighted by atomic mass is 10.2. The molecular weight excluding hydrogens is 358 g/mol. The summed E-state index contributed by atoms with van der Waals surface area (Å²) in [5.74, 6) is 0. The molecule has 3 rings (SSSR count). The monoisotopic (exact) mass is 387 g/mol. The second kappa shape index (κ2) is 9.64. The summed E-state index contributed by atoms with van der Waals surface area (Å²) in [6.45, 7) is 2.80. The molecule has 2 N–H and O–H groups in total. The smallest absolute Gasteiger partial charge is 0.0602 e. The molecule has 0 aromatic heterocycles. The van der Waals surface area contributed by atoms with E-state index in [1.807, 2.05) is 43.4 Å². The Kier molecular flexibility index (Phi) is 6.74. The van der Waals surface area contributed by atoms with Crippen LogP contribution in [-0.4, -0.2) is 33.4 Å². The number of nitrogens with zero attached hydrogens (tertiary/aromatic N) is 3. The van der Waals surface area contributed by atoms with Crippen molar-refractivity contribution in [2.24, 2.45) is 5.10 Å². The van der Waals surface area contributed by atoms with Crippen LogP contribution in [0.25, 0.3) is 0 Å². The number of hydrazone groups is 1. The Hall–Kier alpha value is -3.47. The van der Waals surface area contributed by atoms with E-state index in [0.29, 0.717) is 0 Å². The van der Waals surface area contributed by atoms with E-state index in [4.69, 9.17) is 5.10 Å². The van der Waals surface area contributed by atoms with E-state index in [0.717, 1.165) is 40.7 Å². The van der Waals surface area contributed by atoms with Crippen LogP contribution in [0.4, 0.5) is 28.4 Å². The van der Waals surface area contributed by atoms with Crippen molar-refractivity contribution in [1.82, 2.24) is 0 Å². The molecule has 0 bridgehead atoms. The van der Waals surface area contributed by atoms with Gasteiger partial charge in [0.2, 0.25) is 0 Å². The van der Waals surface area contributed by atoms with Gasteiger partial charge in [-0.05, 0) is 55.5 Å². The van der Waals surface area contributed by atoms with Gasteiger partial charge in [-0.15, -0.1) is 0 Å². The SMILES string of the molecule is CNc1ccccc1N(C)C/C(C)=N/N(C)c1ccc(Nc2ccccc2)cc1. The summed E-state index contributed by atoms with van der Waals surface area (Å²) in [5, 5.41) is 13.3. The van der Waals surface area contributed by atoms with E-state index in [1.54, 1.807) is 0 Å². The van der Waals surface area contributed by atoms with E-state index in [9.17, 15) is 0 Å². The molecule has 0 heterocycles. The zero-order chi connectivity index (χ0) is 20.6. The average molecular weight is 388 g/mol. The number of hydrogen-bond acceptors (Lipinski definition) is 5. The molecule has 0 unspecified atom stereocenters. The summed E-state index contributed by atoms with van der Waals surface area (Å²) < 4.78 is 0. The molecular formula is C24H29N5.